The minimum atomic E-state index is -0.180. The summed E-state index contributed by atoms with van der Waals surface area (Å²) in [5, 5.41) is 13.2. The fourth-order valence-corrected chi connectivity index (χ4v) is 3.74. The Morgan fingerprint density at radius 3 is 2.86 bits per heavy atom. The summed E-state index contributed by atoms with van der Waals surface area (Å²) in [7, 11) is 3.43. The molecule has 9 heteroatoms. The number of nitrogens with one attached hydrogen (secondary N) is 1. The van der Waals surface area contributed by atoms with Gasteiger partial charge in [-0.2, -0.15) is 0 Å². The molecule has 0 radical (unpaired) electrons. The molecule has 4 rings (SSSR count). The molecule has 2 heterocycles. The molecule has 148 valence electrons. The van der Waals surface area contributed by atoms with Crippen molar-refractivity contribution in [3.05, 3.63) is 53.6 Å². The van der Waals surface area contributed by atoms with E-state index in [1.165, 1.54) is 11.8 Å². The van der Waals surface area contributed by atoms with Gasteiger partial charge in [0.1, 0.15) is 0 Å². The van der Waals surface area contributed by atoms with E-state index in [1.54, 1.807) is 23.8 Å². The number of carbonyl (C=O) groups excluding carboxylic acids is 1. The number of aromatic nitrogens is 3. The number of thioether (sulfide) groups is 1. The van der Waals surface area contributed by atoms with Gasteiger partial charge in [0.2, 0.25) is 5.91 Å². The molecule has 2 aromatic carbocycles. The topological polar surface area (TPSA) is 82.2 Å². The number of para-hydroxylation sites is 2. The SMILES string of the molecule is COc1cccc2cc(-c3nnc(SCC(=O)Nc4ccccc4Cl)n3C)oc12. The number of anilines is 1. The zero-order valence-corrected chi connectivity index (χ0v) is 17.3. The molecule has 0 aliphatic heterocycles. The second-order valence-corrected chi connectivity index (χ2v) is 7.52. The predicted octanol–water partition coefficient (Wildman–Crippen LogP) is 4.62. The smallest absolute Gasteiger partial charge is 0.234 e. The minimum Gasteiger partial charge on any atom is -0.493 e. The first-order valence-electron chi connectivity index (χ1n) is 8.70. The predicted molar refractivity (Wildman–Crippen MR) is 114 cm³/mol. The molecule has 0 unspecified atom stereocenters. The molecule has 0 spiro atoms. The lowest BCUT2D eigenvalue weighted by Crippen LogP contribution is -2.14. The molecular formula is C20H17ClN4O3S. The van der Waals surface area contributed by atoms with Crippen LogP contribution in [-0.4, -0.2) is 33.5 Å². The Kier molecular flexibility index (Phi) is 5.46. The molecule has 0 saturated heterocycles. The van der Waals surface area contributed by atoms with Gasteiger partial charge in [-0.15, -0.1) is 10.2 Å². The van der Waals surface area contributed by atoms with Gasteiger partial charge in [-0.25, -0.2) is 0 Å². The zero-order valence-electron chi connectivity index (χ0n) is 15.7. The van der Waals surface area contributed by atoms with E-state index < -0.39 is 0 Å². The van der Waals surface area contributed by atoms with Crippen LogP contribution >= 0.6 is 23.4 Å². The maximum absolute atomic E-state index is 12.2. The first-order chi connectivity index (χ1) is 14.1. The Morgan fingerprint density at radius 2 is 2.07 bits per heavy atom. The third kappa shape index (κ3) is 3.94. The number of methoxy groups -OCH3 is 1. The van der Waals surface area contributed by atoms with Crippen molar-refractivity contribution < 1.29 is 13.9 Å². The van der Waals surface area contributed by atoms with Gasteiger partial charge >= 0.3 is 0 Å². The number of ether oxygens (including phenoxy) is 1. The van der Waals surface area contributed by atoms with Gasteiger partial charge in [-0.05, 0) is 24.3 Å². The molecular weight excluding hydrogens is 412 g/mol. The Bertz CT molecular complexity index is 1190. The van der Waals surface area contributed by atoms with Crippen LogP contribution < -0.4 is 10.1 Å². The number of amides is 1. The maximum atomic E-state index is 12.2. The van der Waals surface area contributed by atoms with E-state index in [4.69, 9.17) is 20.8 Å². The second kappa shape index (κ2) is 8.18. The number of benzene rings is 2. The monoisotopic (exact) mass is 428 g/mol. The van der Waals surface area contributed by atoms with E-state index in [9.17, 15) is 4.79 Å². The van der Waals surface area contributed by atoms with Gasteiger partial charge < -0.3 is 19.0 Å². The van der Waals surface area contributed by atoms with Gasteiger partial charge in [0.05, 0.1) is 23.6 Å². The lowest BCUT2D eigenvalue weighted by molar-refractivity contribution is -0.113. The molecule has 0 aliphatic carbocycles. The summed E-state index contributed by atoms with van der Waals surface area (Å²) in [5.41, 5.74) is 1.23. The fraction of sp³-hybridized carbons (Fsp3) is 0.150. The third-order valence-corrected chi connectivity index (χ3v) is 5.61. The van der Waals surface area contributed by atoms with Crippen LogP contribution in [-0.2, 0) is 11.8 Å². The lowest BCUT2D eigenvalue weighted by Gasteiger charge is -2.06. The normalized spacial score (nSPS) is 11.0. The van der Waals surface area contributed by atoms with Gasteiger partial charge in [0.15, 0.2) is 28.1 Å². The summed E-state index contributed by atoms with van der Waals surface area (Å²) in [5.74, 6) is 1.79. The minimum absolute atomic E-state index is 0.172. The van der Waals surface area contributed by atoms with E-state index in [0.29, 0.717) is 38.8 Å². The van der Waals surface area contributed by atoms with Crippen molar-refractivity contribution in [3.8, 4) is 17.3 Å². The van der Waals surface area contributed by atoms with Crippen LogP contribution in [0.1, 0.15) is 0 Å². The van der Waals surface area contributed by atoms with Crippen LogP contribution in [0.2, 0.25) is 5.02 Å². The number of hydrogen-bond acceptors (Lipinski definition) is 6. The van der Waals surface area contributed by atoms with Gasteiger partial charge in [-0.1, -0.05) is 47.6 Å². The molecule has 1 amide bonds. The molecule has 0 bridgehead atoms. The number of halogens is 1. The van der Waals surface area contributed by atoms with Crippen molar-refractivity contribution in [2.24, 2.45) is 7.05 Å². The Balaban J connectivity index is 1.49. The first kappa shape index (κ1) is 19.4. The van der Waals surface area contributed by atoms with Crippen LogP contribution in [0.5, 0.6) is 5.75 Å². The highest BCUT2D eigenvalue weighted by Gasteiger charge is 2.18. The number of carbonyl (C=O) groups is 1. The summed E-state index contributed by atoms with van der Waals surface area (Å²) in [4.78, 5) is 12.2. The number of nitrogens with zero attached hydrogens (tertiary/aromatic N) is 3. The van der Waals surface area contributed by atoms with Crippen LogP contribution in [0, 0.1) is 0 Å². The molecule has 29 heavy (non-hydrogen) atoms. The molecule has 0 saturated carbocycles. The van der Waals surface area contributed by atoms with Crippen molar-refractivity contribution in [1.82, 2.24) is 14.8 Å². The van der Waals surface area contributed by atoms with Crippen LogP contribution in [0.25, 0.3) is 22.6 Å². The summed E-state index contributed by atoms with van der Waals surface area (Å²) in [6.45, 7) is 0. The fourth-order valence-electron chi connectivity index (χ4n) is 2.84. The third-order valence-electron chi connectivity index (χ3n) is 4.26. The van der Waals surface area contributed by atoms with Gasteiger partial charge in [0, 0.05) is 12.4 Å². The summed E-state index contributed by atoms with van der Waals surface area (Å²) >= 11 is 7.35. The molecule has 7 nitrogen and oxygen atoms in total. The number of hydrogen-bond donors (Lipinski definition) is 1. The van der Waals surface area contributed by atoms with Crippen LogP contribution in [0.4, 0.5) is 5.69 Å². The molecule has 0 atom stereocenters. The van der Waals surface area contributed by atoms with Crippen LogP contribution in [0.3, 0.4) is 0 Å². The molecule has 1 N–H and O–H groups in total. The lowest BCUT2D eigenvalue weighted by atomic mass is 10.2. The maximum Gasteiger partial charge on any atom is 0.234 e. The van der Waals surface area contributed by atoms with Gasteiger partial charge in [0.25, 0.3) is 0 Å². The van der Waals surface area contributed by atoms with Crippen molar-refractivity contribution in [2.75, 3.05) is 18.2 Å². The van der Waals surface area contributed by atoms with E-state index in [2.05, 4.69) is 15.5 Å². The Hall–Kier alpha value is -2.97. The number of fused-ring (bicyclic) bond motifs is 1. The van der Waals surface area contributed by atoms with E-state index in [0.717, 1.165) is 5.39 Å². The summed E-state index contributed by atoms with van der Waals surface area (Å²) in [6, 6.07) is 14.7. The van der Waals surface area contributed by atoms with E-state index in [1.807, 2.05) is 43.4 Å². The summed E-state index contributed by atoms with van der Waals surface area (Å²) in [6.07, 6.45) is 0. The second-order valence-electron chi connectivity index (χ2n) is 6.17. The van der Waals surface area contributed by atoms with Crippen LogP contribution in [0.15, 0.2) is 58.1 Å². The Labute approximate surface area is 176 Å². The van der Waals surface area contributed by atoms with Gasteiger partial charge in [-0.3, -0.25) is 4.79 Å². The highest BCUT2D eigenvalue weighted by atomic mass is 35.5. The molecule has 2 aromatic heterocycles. The van der Waals surface area contributed by atoms with E-state index in [-0.39, 0.29) is 11.7 Å². The average molecular weight is 429 g/mol. The summed E-state index contributed by atoms with van der Waals surface area (Å²) < 4.78 is 13.1. The standard InChI is InChI=1S/C20H17ClN4O3S/c1-25-19(16-10-12-6-5-9-15(27-2)18(12)28-16)23-24-20(25)29-11-17(26)22-14-8-4-3-7-13(14)21/h3-10H,11H2,1-2H3,(H,22,26). The van der Waals surface area contributed by atoms with Crippen molar-refractivity contribution in [2.45, 2.75) is 5.16 Å². The Morgan fingerprint density at radius 1 is 1.24 bits per heavy atom. The van der Waals surface area contributed by atoms with E-state index >= 15 is 0 Å². The molecule has 4 aromatic rings. The quantitative estimate of drug-likeness (QED) is 0.451. The van der Waals surface area contributed by atoms with Crippen molar-refractivity contribution >= 4 is 45.9 Å². The highest BCUT2D eigenvalue weighted by Crippen LogP contribution is 2.33. The van der Waals surface area contributed by atoms with Crippen molar-refractivity contribution in [3.63, 3.8) is 0 Å². The van der Waals surface area contributed by atoms with Crippen molar-refractivity contribution in [1.29, 1.82) is 0 Å². The number of rotatable bonds is 6. The first-order valence-corrected chi connectivity index (χ1v) is 10.1. The number of furan rings is 1. The largest absolute Gasteiger partial charge is 0.493 e. The molecule has 0 fully saturated rings. The zero-order chi connectivity index (χ0) is 20.4. The molecule has 0 aliphatic rings. The average Bonchev–Trinajstić information content (AvgIpc) is 3.31. The highest BCUT2D eigenvalue weighted by molar-refractivity contribution is 7.99.